The van der Waals surface area contributed by atoms with Gasteiger partial charge in [-0.3, -0.25) is 4.72 Å². The van der Waals surface area contributed by atoms with E-state index in [0.29, 0.717) is 6.07 Å². The molecular weight excluding hydrogens is 278 g/mol. The van der Waals surface area contributed by atoms with E-state index in [4.69, 9.17) is 10.2 Å². The van der Waals surface area contributed by atoms with Gasteiger partial charge in [0.25, 0.3) is 10.0 Å². The summed E-state index contributed by atoms with van der Waals surface area (Å²) in [6.07, 6.45) is 0. The molecular formula is C11H10F2N2O3S. The van der Waals surface area contributed by atoms with Crippen LogP contribution in [0.25, 0.3) is 0 Å². The number of sulfonamides is 1. The van der Waals surface area contributed by atoms with Gasteiger partial charge in [-0.1, -0.05) is 0 Å². The largest absolute Gasteiger partial charge is 0.446 e. The highest BCUT2D eigenvalue weighted by Gasteiger charge is 2.20. The number of anilines is 1. The summed E-state index contributed by atoms with van der Waals surface area (Å²) in [7, 11) is -4.07. The fourth-order valence-corrected chi connectivity index (χ4v) is 2.40. The number of hydrogen-bond donors (Lipinski definition) is 2. The Bertz CT molecular complexity index is 698. The Morgan fingerprint density at radius 1 is 1.21 bits per heavy atom. The van der Waals surface area contributed by atoms with Crippen LogP contribution in [-0.2, 0) is 16.6 Å². The molecule has 1 aromatic heterocycles. The van der Waals surface area contributed by atoms with Crippen LogP contribution in [0.15, 0.2) is 39.8 Å². The van der Waals surface area contributed by atoms with E-state index in [1.807, 2.05) is 4.72 Å². The van der Waals surface area contributed by atoms with Gasteiger partial charge in [0, 0.05) is 6.07 Å². The third-order valence-corrected chi connectivity index (χ3v) is 3.52. The first kappa shape index (κ1) is 13.5. The number of benzene rings is 1. The topological polar surface area (TPSA) is 85.3 Å². The van der Waals surface area contributed by atoms with Gasteiger partial charge < -0.3 is 10.2 Å². The molecule has 0 saturated carbocycles. The summed E-state index contributed by atoms with van der Waals surface area (Å²) in [6.45, 7) is 0.0421. The van der Waals surface area contributed by atoms with Crippen LogP contribution in [0.1, 0.15) is 5.76 Å². The summed E-state index contributed by atoms with van der Waals surface area (Å²) >= 11 is 0. The molecule has 0 saturated heterocycles. The molecule has 0 amide bonds. The SMILES string of the molecule is NCc1ccc(S(=O)(=O)Nc2ccc(F)cc2F)o1. The summed E-state index contributed by atoms with van der Waals surface area (Å²) in [5.41, 5.74) is 4.92. The fraction of sp³-hybridized carbons (Fsp3) is 0.0909. The zero-order valence-electron chi connectivity index (χ0n) is 9.56. The molecule has 0 unspecified atom stereocenters. The summed E-state index contributed by atoms with van der Waals surface area (Å²) in [4.78, 5) is 0. The van der Waals surface area contributed by atoms with Gasteiger partial charge in [-0.25, -0.2) is 8.78 Å². The van der Waals surface area contributed by atoms with Crippen molar-refractivity contribution < 1.29 is 21.6 Å². The number of halogens is 2. The standard InChI is InChI=1S/C11H10F2N2O3S/c12-7-1-3-10(9(13)5-7)15-19(16,17)11-4-2-8(6-14)18-11/h1-5,15H,6,14H2. The van der Waals surface area contributed by atoms with Crippen molar-refractivity contribution in [1.29, 1.82) is 0 Å². The summed E-state index contributed by atoms with van der Waals surface area (Å²) < 4.78 is 56.7. The van der Waals surface area contributed by atoms with Crippen LogP contribution in [0.5, 0.6) is 0 Å². The fourth-order valence-electron chi connectivity index (χ4n) is 1.38. The monoisotopic (exact) mass is 288 g/mol. The molecule has 0 aliphatic heterocycles. The van der Waals surface area contributed by atoms with Gasteiger partial charge in [-0.15, -0.1) is 0 Å². The smallest absolute Gasteiger partial charge is 0.295 e. The zero-order chi connectivity index (χ0) is 14.0. The molecule has 0 bridgehead atoms. The molecule has 8 heteroatoms. The number of rotatable bonds is 4. The number of hydrogen-bond acceptors (Lipinski definition) is 4. The van der Waals surface area contributed by atoms with Gasteiger partial charge in [0.05, 0.1) is 12.2 Å². The Morgan fingerprint density at radius 2 is 1.95 bits per heavy atom. The van der Waals surface area contributed by atoms with E-state index in [1.54, 1.807) is 0 Å². The Hall–Kier alpha value is -1.93. The van der Waals surface area contributed by atoms with Crippen molar-refractivity contribution in [1.82, 2.24) is 0 Å². The van der Waals surface area contributed by atoms with E-state index >= 15 is 0 Å². The van der Waals surface area contributed by atoms with Crippen LogP contribution in [0.4, 0.5) is 14.5 Å². The van der Waals surface area contributed by atoms with Crippen molar-refractivity contribution in [2.45, 2.75) is 11.6 Å². The lowest BCUT2D eigenvalue weighted by molar-refractivity contribution is 0.417. The first-order valence-corrected chi connectivity index (χ1v) is 6.67. The van der Waals surface area contributed by atoms with Gasteiger partial charge in [0.1, 0.15) is 17.4 Å². The molecule has 0 fully saturated rings. The van der Waals surface area contributed by atoms with E-state index in [-0.39, 0.29) is 18.0 Å². The summed E-state index contributed by atoms with van der Waals surface area (Å²) in [5.74, 6) is -1.54. The Kier molecular flexibility index (Phi) is 3.54. The first-order valence-electron chi connectivity index (χ1n) is 5.19. The molecule has 1 heterocycles. The molecule has 5 nitrogen and oxygen atoms in total. The highest BCUT2D eigenvalue weighted by atomic mass is 32.2. The number of nitrogens with two attached hydrogens (primary N) is 1. The quantitative estimate of drug-likeness (QED) is 0.898. The van der Waals surface area contributed by atoms with Gasteiger partial charge in [0.2, 0.25) is 5.09 Å². The van der Waals surface area contributed by atoms with Crippen molar-refractivity contribution in [2.75, 3.05) is 4.72 Å². The predicted molar refractivity (Wildman–Crippen MR) is 63.8 cm³/mol. The van der Waals surface area contributed by atoms with Crippen molar-refractivity contribution in [3.05, 3.63) is 47.7 Å². The lowest BCUT2D eigenvalue weighted by atomic mass is 10.3. The van der Waals surface area contributed by atoms with Crippen molar-refractivity contribution in [3.8, 4) is 0 Å². The third kappa shape index (κ3) is 2.91. The molecule has 19 heavy (non-hydrogen) atoms. The minimum Gasteiger partial charge on any atom is -0.446 e. The molecule has 0 radical (unpaired) electrons. The molecule has 1 aromatic carbocycles. The molecule has 2 aromatic rings. The van der Waals surface area contributed by atoms with Crippen LogP contribution in [0, 0.1) is 11.6 Å². The Morgan fingerprint density at radius 3 is 2.53 bits per heavy atom. The van der Waals surface area contributed by atoms with E-state index in [2.05, 4.69) is 0 Å². The van der Waals surface area contributed by atoms with E-state index in [9.17, 15) is 17.2 Å². The van der Waals surface area contributed by atoms with Crippen LogP contribution in [-0.4, -0.2) is 8.42 Å². The van der Waals surface area contributed by atoms with Crippen molar-refractivity contribution >= 4 is 15.7 Å². The molecule has 0 atom stereocenters. The molecule has 102 valence electrons. The lowest BCUT2D eigenvalue weighted by Crippen LogP contribution is -2.13. The predicted octanol–water partition coefficient (Wildman–Crippen LogP) is 1.82. The van der Waals surface area contributed by atoms with E-state index in [0.717, 1.165) is 12.1 Å². The molecule has 2 rings (SSSR count). The second-order valence-corrected chi connectivity index (χ2v) is 5.27. The average Bonchev–Trinajstić information content (AvgIpc) is 2.82. The summed E-state index contributed by atoms with van der Waals surface area (Å²) in [6, 6.07) is 5.09. The zero-order valence-corrected chi connectivity index (χ0v) is 10.4. The number of nitrogens with one attached hydrogen (secondary N) is 1. The van der Waals surface area contributed by atoms with Gasteiger partial charge in [0.15, 0.2) is 0 Å². The molecule has 0 aliphatic rings. The first-order chi connectivity index (χ1) is 8.92. The van der Waals surface area contributed by atoms with Crippen LogP contribution < -0.4 is 10.5 Å². The maximum Gasteiger partial charge on any atom is 0.295 e. The Labute approximate surface area is 108 Å². The Balaban J connectivity index is 2.30. The molecule has 0 aliphatic carbocycles. The van der Waals surface area contributed by atoms with Crippen LogP contribution in [0.3, 0.4) is 0 Å². The van der Waals surface area contributed by atoms with Gasteiger partial charge >= 0.3 is 0 Å². The molecule has 3 N–H and O–H groups in total. The highest BCUT2D eigenvalue weighted by molar-refractivity contribution is 7.92. The summed E-state index contributed by atoms with van der Waals surface area (Å²) in [5, 5.41) is -0.392. The van der Waals surface area contributed by atoms with Crippen LogP contribution in [0.2, 0.25) is 0 Å². The normalized spacial score (nSPS) is 11.5. The van der Waals surface area contributed by atoms with Gasteiger partial charge in [-0.05, 0) is 24.3 Å². The number of furan rings is 1. The molecule has 0 spiro atoms. The van der Waals surface area contributed by atoms with E-state index < -0.39 is 26.8 Å². The van der Waals surface area contributed by atoms with Crippen molar-refractivity contribution in [3.63, 3.8) is 0 Å². The maximum atomic E-state index is 13.4. The average molecular weight is 288 g/mol. The second-order valence-electron chi connectivity index (χ2n) is 3.65. The van der Waals surface area contributed by atoms with E-state index in [1.165, 1.54) is 12.1 Å². The second kappa shape index (κ2) is 4.98. The third-order valence-electron chi connectivity index (χ3n) is 2.28. The minimum atomic E-state index is -4.07. The minimum absolute atomic E-state index is 0.0421. The van der Waals surface area contributed by atoms with Gasteiger partial charge in [-0.2, -0.15) is 8.42 Å². The lowest BCUT2D eigenvalue weighted by Gasteiger charge is -2.06. The van der Waals surface area contributed by atoms with Crippen molar-refractivity contribution in [2.24, 2.45) is 5.73 Å². The highest BCUT2D eigenvalue weighted by Crippen LogP contribution is 2.21. The maximum absolute atomic E-state index is 13.4. The van der Waals surface area contributed by atoms with Crippen LogP contribution >= 0.6 is 0 Å².